The zero-order valence-electron chi connectivity index (χ0n) is 29.6. The number of anilines is 2. The van der Waals surface area contributed by atoms with E-state index >= 15 is 0 Å². The van der Waals surface area contributed by atoms with E-state index in [1.54, 1.807) is 25.1 Å². The first-order valence-electron chi connectivity index (χ1n) is 16.8. The van der Waals surface area contributed by atoms with Crippen molar-refractivity contribution < 1.29 is 70.1 Å². The number of alkyl halides is 3. The van der Waals surface area contributed by atoms with Crippen LogP contribution < -0.4 is 5.32 Å². The van der Waals surface area contributed by atoms with Crippen molar-refractivity contribution in [3.63, 3.8) is 0 Å². The fourth-order valence-electron chi connectivity index (χ4n) is 3.93. The van der Waals surface area contributed by atoms with E-state index in [0.717, 1.165) is 12.1 Å². The maximum atomic E-state index is 13.0. The highest BCUT2D eigenvalue weighted by atomic mass is 19.4. The molecule has 0 saturated heterocycles. The van der Waals surface area contributed by atoms with Crippen LogP contribution >= 0.6 is 0 Å². The topological polar surface area (TPSA) is 138 Å². The summed E-state index contributed by atoms with van der Waals surface area (Å²) >= 11 is 0. The molecule has 0 unspecified atom stereocenters. The molecule has 16 heteroatoms. The lowest BCUT2D eigenvalue weighted by Gasteiger charge is -2.13. The van der Waals surface area contributed by atoms with E-state index in [4.69, 9.17) is 47.4 Å². The van der Waals surface area contributed by atoms with Gasteiger partial charge in [-0.25, -0.2) is 9.59 Å². The van der Waals surface area contributed by atoms with Crippen LogP contribution in [-0.4, -0.2) is 131 Å². The van der Waals surface area contributed by atoms with E-state index in [9.17, 15) is 22.8 Å². The molecule has 0 aromatic heterocycles. The molecule has 52 heavy (non-hydrogen) atoms. The average Bonchev–Trinajstić information content (AvgIpc) is 3.12. The summed E-state index contributed by atoms with van der Waals surface area (Å²) in [6.07, 6.45) is -4.48. The zero-order valence-corrected chi connectivity index (χ0v) is 29.6. The summed E-state index contributed by atoms with van der Waals surface area (Å²) in [6, 6.07) is 11.1. The molecule has 0 aliphatic rings. The van der Waals surface area contributed by atoms with Crippen molar-refractivity contribution in [2.24, 2.45) is 0 Å². The Morgan fingerprint density at radius 1 is 0.577 bits per heavy atom. The highest BCUT2D eigenvalue weighted by Gasteiger charge is 2.30. The van der Waals surface area contributed by atoms with Gasteiger partial charge in [-0.15, -0.1) is 0 Å². The Balaban J connectivity index is 1.32. The van der Waals surface area contributed by atoms with Crippen molar-refractivity contribution in [1.82, 2.24) is 0 Å². The third-order valence-corrected chi connectivity index (χ3v) is 6.49. The molecule has 13 nitrogen and oxygen atoms in total. The summed E-state index contributed by atoms with van der Waals surface area (Å²) in [5, 5.41) is 2.85. The van der Waals surface area contributed by atoms with Gasteiger partial charge >= 0.3 is 18.1 Å². The molecule has 0 aliphatic heterocycles. The van der Waals surface area contributed by atoms with E-state index in [2.05, 4.69) is 11.9 Å². The Bertz CT molecular complexity index is 1280. The molecule has 0 spiro atoms. The fraction of sp³-hybridized carbons (Fsp3) is 0.556. The molecule has 0 bridgehead atoms. The van der Waals surface area contributed by atoms with E-state index < -0.39 is 23.7 Å². The van der Waals surface area contributed by atoms with Crippen LogP contribution in [0.1, 0.15) is 22.8 Å². The van der Waals surface area contributed by atoms with Crippen molar-refractivity contribution in [3.8, 4) is 0 Å². The summed E-state index contributed by atoms with van der Waals surface area (Å²) in [7, 11) is 0. The summed E-state index contributed by atoms with van der Waals surface area (Å²) < 4.78 is 92.6. The number of esters is 2. The van der Waals surface area contributed by atoms with Gasteiger partial charge in [0.15, 0.2) is 0 Å². The van der Waals surface area contributed by atoms with E-state index in [0.29, 0.717) is 110 Å². The van der Waals surface area contributed by atoms with Gasteiger partial charge in [-0.05, 0) is 37.3 Å². The van der Waals surface area contributed by atoms with E-state index in [1.807, 2.05) is 0 Å². The third-order valence-electron chi connectivity index (χ3n) is 6.49. The molecule has 0 heterocycles. The van der Waals surface area contributed by atoms with E-state index in [1.165, 1.54) is 18.2 Å². The van der Waals surface area contributed by atoms with Gasteiger partial charge in [-0.1, -0.05) is 24.8 Å². The monoisotopic (exact) mass is 745 g/mol. The van der Waals surface area contributed by atoms with Crippen LogP contribution in [-0.2, 0) is 58.3 Å². The number of para-hydroxylation sites is 1. The normalized spacial score (nSPS) is 11.4. The maximum Gasteiger partial charge on any atom is 0.416 e. The van der Waals surface area contributed by atoms with Gasteiger partial charge in [0.25, 0.3) is 0 Å². The highest BCUT2D eigenvalue weighted by Crippen LogP contribution is 2.32. The average molecular weight is 746 g/mol. The molecule has 2 rings (SSSR count). The van der Waals surface area contributed by atoms with Crippen molar-refractivity contribution in [3.05, 3.63) is 71.8 Å². The molecule has 0 aliphatic carbocycles. The molecule has 0 saturated carbocycles. The lowest BCUT2D eigenvalue weighted by molar-refractivity contribution is -0.140. The molecule has 0 fully saturated rings. The second-order valence-corrected chi connectivity index (χ2v) is 10.7. The summed E-state index contributed by atoms with van der Waals surface area (Å²) in [4.78, 5) is 23.8. The number of ether oxygens (including phenoxy) is 10. The first-order valence-corrected chi connectivity index (χ1v) is 16.8. The van der Waals surface area contributed by atoms with Crippen LogP contribution in [0.3, 0.4) is 0 Å². The Hall–Kier alpha value is -3.61. The van der Waals surface area contributed by atoms with Gasteiger partial charge in [0.2, 0.25) is 0 Å². The summed E-state index contributed by atoms with van der Waals surface area (Å²) in [6.45, 7) is 11.4. The van der Waals surface area contributed by atoms with Gasteiger partial charge in [0.05, 0.1) is 123 Å². The van der Waals surface area contributed by atoms with Crippen LogP contribution in [0.5, 0.6) is 0 Å². The number of carbonyl (C=O) groups is 2. The number of rotatable bonds is 31. The highest BCUT2D eigenvalue weighted by molar-refractivity contribution is 5.96. The molecule has 0 amide bonds. The minimum atomic E-state index is -4.48. The lowest BCUT2D eigenvalue weighted by atomic mass is 10.1. The van der Waals surface area contributed by atoms with Gasteiger partial charge < -0.3 is 52.7 Å². The first kappa shape index (κ1) is 44.6. The minimum absolute atomic E-state index is 0.00737. The van der Waals surface area contributed by atoms with Crippen LogP contribution in [0.2, 0.25) is 0 Å². The second-order valence-electron chi connectivity index (χ2n) is 10.7. The van der Waals surface area contributed by atoms with Crippen LogP contribution in [0.25, 0.3) is 0 Å². The summed E-state index contributed by atoms with van der Waals surface area (Å²) in [5.41, 5.74) is 0.246. The maximum absolute atomic E-state index is 13.0. The number of carbonyl (C=O) groups excluding carboxylic acids is 2. The second kappa shape index (κ2) is 28.0. The fourth-order valence-corrected chi connectivity index (χ4v) is 3.93. The molecule has 2 aromatic rings. The molecular formula is C36H50F3NO12. The van der Waals surface area contributed by atoms with Gasteiger partial charge in [-0.2, -0.15) is 13.2 Å². The quantitative estimate of drug-likeness (QED) is 0.0640. The van der Waals surface area contributed by atoms with Crippen molar-refractivity contribution >= 4 is 23.3 Å². The summed E-state index contributed by atoms with van der Waals surface area (Å²) in [5.74, 6) is -1.06. The predicted molar refractivity (Wildman–Crippen MR) is 184 cm³/mol. The van der Waals surface area contributed by atoms with Crippen LogP contribution in [0.15, 0.2) is 60.7 Å². The number of hydrogen-bond acceptors (Lipinski definition) is 13. The standard InChI is InChI=1S/C36H50F3NO12/c1-29(2)34(41)51-26-24-49-22-20-47-18-16-45-14-12-43-10-11-44-13-15-46-17-19-48-21-23-50-25-27-52-35(42)32-8-3-4-9-33(32)40-31-7-5-6-30(28-31)36(37,38)39/h3-9,28,40H,1,10-27H2,2H3. The smallest absolute Gasteiger partial charge is 0.416 e. The number of benzene rings is 2. The first-order chi connectivity index (χ1) is 25.2. The molecule has 292 valence electrons. The Kier molecular flexibility index (Phi) is 24.0. The molecule has 0 radical (unpaired) electrons. The largest absolute Gasteiger partial charge is 0.460 e. The predicted octanol–water partition coefficient (Wildman–Crippen LogP) is 4.86. The van der Waals surface area contributed by atoms with Crippen molar-refractivity contribution in [1.29, 1.82) is 0 Å². The third kappa shape index (κ3) is 21.7. The number of hydrogen-bond donors (Lipinski definition) is 1. The minimum Gasteiger partial charge on any atom is -0.460 e. The molecule has 1 N–H and O–H groups in total. The number of halogens is 3. The van der Waals surface area contributed by atoms with Gasteiger partial charge in [0.1, 0.15) is 13.2 Å². The number of nitrogens with one attached hydrogen (secondary N) is 1. The Morgan fingerprint density at radius 3 is 1.40 bits per heavy atom. The molecule has 0 atom stereocenters. The molecular weight excluding hydrogens is 695 g/mol. The van der Waals surface area contributed by atoms with Crippen molar-refractivity contribution in [2.45, 2.75) is 13.1 Å². The Labute approximate surface area is 302 Å². The van der Waals surface area contributed by atoms with Crippen LogP contribution in [0.4, 0.5) is 24.5 Å². The Morgan fingerprint density at radius 2 is 0.981 bits per heavy atom. The molecule has 2 aromatic carbocycles. The van der Waals surface area contributed by atoms with E-state index in [-0.39, 0.29) is 31.1 Å². The van der Waals surface area contributed by atoms with Gasteiger partial charge in [-0.3, -0.25) is 0 Å². The van der Waals surface area contributed by atoms with Gasteiger partial charge in [0, 0.05) is 11.3 Å². The SMILES string of the molecule is C=C(C)C(=O)OCCOCCOCCOCCOCCOCCOCCOCCOCCOC(=O)c1ccccc1Nc1cccc(C(F)(F)F)c1. The van der Waals surface area contributed by atoms with Crippen molar-refractivity contribution in [2.75, 3.05) is 124 Å². The lowest BCUT2D eigenvalue weighted by Crippen LogP contribution is -2.16. The van der Waals surface area contributed by atoms with Crippen LogP contribution in [0, 0.1) is 0 Å². The zero-order chi connectivity index (χ0) is 37.7.